The first-order valence-electron chi connectivity index (χ1n) is 11.8. The van der Waals surface area contributed by atoms with Crippen molar-refractivity contribution in [2.75, 3.05) is 48.4 Å². The predicted molar refractivity (Wildman–Crippen MR) is 138 cm³/mol. The summed E-state index contributed by atoms with van der Waals surface area (Å²) in [7, 11) is 1.92. The van der Waals surface area contributed by atoms with Gasteiger partial charge in [0.15, 0.2) is 0 Å². The summed E-state index contributed by atoms with van der Waals surface area (Å²) in [5, 5.41) is 3.09. The summed E-state index contributed by atoms with van der Waals surface area (Å²) in [6.07, 6.45) is 0.869. The van der Waals surface area contributed by atoms with Crippen molar-refractivity contribution in [1.29, 1.82) is 0 Å². The molecule has 0 fully saturated rings. The van der Waals surface area contributed by atoms with Crippen LogP contribution < -0.4 is 25.6 Å². The Morgan fingerprint density at radius 2 is 1.89 bits per heavy atom. The Bertz CT molecular complexity index is 1190. The highest BCUT2D eigenvalue weighted by molar-refractivity contribution is 6.09. The number of nitrogens with zero attached hydrogens (tertiary/aromatic N) is 4. The topological polar surface area (TPSA) is 123 Å². The van der Waals surface area contributed by atoms with Crippen LogP contribution in [0.1, 0.15) is 35.4 Å². The van der Waals surface area contributed by atoms with Crippen molar-refractivity contribution < 1.29 is 19.1 Å². The molecule has 188 valence electrons. The first kappa shape index (κ1) is 24.8. The zero-order valence-electron chi connectivity index (χ0n) is 20.4. The summed E-state index contributed by atoms with van der Waals surface area (Å²) in [6, 6.07) is 17.1. The van der Waals surface area contributed by atoms with E-state index in [1.165, 1.54) is 0 Å². The van der Waals surface area contributed by atoms with Crippen molar-refractivity contribution in [3.05, 3.63) is 71.9 Å². The lowest BCUT2D eigenvalue weighted by atomic mass is 10.1. The van der Waals surface area contributed by atoms with Crippen molar-refractivity contribution in [2.24, 2.45) is 5.73 Å². The van der Waals surface area contributed by atoms with Gasteiger partial charge in [-0.3, -0.25) is 4.79 Å². The van der Waals surface area contributed by atoms with Gasteiger partial charge >= 0.3 is 6.09 Å². The van der Waals surface area contributed by atoms with Crippen molar-refractivity contribution in [1.82, 2.24) is 9.97 Å². The van der Waals surface area contributed by atoms with E-state index in [-0.39, 0.29) is 18.6 Å². The number of nitrogens with one attached hydrogen (secondary N) is 1. The molecule has 10 nitrogen and oxygen atoms in total. The van der Waals surface area contributed by atoms with E-state index in [1.807, 2.05) is 73.5 Å². The number of carbonyl (C=O) groups is 2. The number of hydrogen-bond donors (Lipinski definition) is 2. The SMILES string of the molecule is CCNc1ncc2c(n1)N(C)CCN(c1ccc(OC(CCOC(N)=O)c3ccccc3)cc1)C2=O. The molecular formula is C26H30N6O4. The monoisotopic (exact) mass is 490 g/mol. The van der Waals surface area contributed by atoms with Crippen LogP contribution in [0.15, 0.2) is 60.8 Å². The van der Waals surface area contributed by atoms with Crippen molar-refractivity contribution in [3.8, 4) is 5.75 Å². The molecule has 10 heteroatoms. The highest BCUT2D eigenvalue weighted by Crippen LogP contribution is 2.30. The number of aromatic nitrogens is 2. The lowest BCUT2D eigenvalue weighted by Gasteiger charge is -2.23. The smallest absolute Gasteiger partial charge is 0.404 e. The van der Waals surface area contributed by atoms with Crippen LogP contribution in [0.2, 0.25) is 0 Å². The lowest BCUT2D eigenvalue weighted by molar-refractivity contribution is 0.0989. The van der Waals surface area contributed by atoms with Crippen LogP contribution in [-0.4, -0.2) is 55.3 Å². The van der Waals surface area contributed by atoms with E-state index < -0.39 is 6.09 Å². The average Bonchev–Trinajstić information content (AvgIpc) is 3.00. The molecule has 2 aromatic carbocycles. The number of likely N-dealkylation sites (N-methyl/N-ethyl adjacent to an activating group) is 1. The quantitative estimate of drug-likeness (QED) is 0.466. The van der Waals surface area contributed by atoms with E-state index in [0.717, 1.165) is 11.3 Å². The van der Waals surface area contributed by atoms with Gasteiger partial charge in [0.1, 0.15) is 23.2 Å². The Labute approximate surface area is 210 Å². The standard InChI is InChI=1S/C26H30N6O4/c1-3-28-26-29-17-21-23(30-26)31(2)14-15-32(24(21)33)19-9-11-20(12-10-19)36-22(13-16-35-25(27)34)18-7-5-4-6-8-18/h4-12,17,22H,3,13-16H2,1-2H3,(H2,27,34)(H,28,29,30). The minimum absolute atomic E-state index is 0.139. The van der Waals surface area contributed by atoms with E-state index in [2.05, 4.69) is 15.3 Å². The third-order valence-electron chi connectivity index (χ3n) is 5.82. The molecule has 1 aliphatic heterocycles. The molecule has 0 radical (unpaired) electrons. The number of hydrogen-bond acceptors (Lipinski definition) is 8. The maximum Gasteiger partial charge on any atom is 0.404 e. The van der Waals surface area contributed by atoms with Crippen molar-refractivity contribution in [2.45, 2.75) is 19.4 Å². The van der Waals surface area contributed by atoms with Crippen LogP contribution in [0.3, 0.4) is 0 Å². The van der Waals surface area contributed by atoms with Gasteiger partial charge in [0.05, 0.1) is 6.61 Å². The second-order valence-corrected chi connectivity index (χ2v) is 8.31. The number of amides is 2. The summed E-state index contributed by atoms with van der Waals surface area (Å²) in [5.41, 5.74) is 7.25. The molecule has 2 amide bonds. The minimum Gasteiger partial charge on any atom is -0.486 e. The van der Waals surface area contributed by atoms with Gasteiger partial charge in [0, 0.05) is 45.0 Å². The van der Waals surface area contributed by atoms with Crippen molar-refractivity contribution >= 4 is 29.5 Å². The van der Waals surface area contributed by atoms with Crippen LogP contribution >= 0.6 is 0 Å². The Morgan fingerprint density at radius 3 is 2.58 bits per heavy atom. The summed E-state index contributed by atoms with van der Waals surface area (Å²) < 4.78 is 11.1. The van der Waals surface area contributed by atoms with Gasteiger partial charge in [0.25, 0.3) is 5.91 Å². The van der Waals surface area contributed by atoms with E-state index in [1.54, 1.807) is 11.1 Å². The molecule has 36 heavy (non-hydrogen) atoms. The first-order valence-corrected chi connectivity index (χ1v) is 11.8. The third-order valence-corrected chi connectivity index (χ3v) is 5.82. The molecule has 1 atom stereocenters. The summed E-state index contributed by atoms with van der Waals surface area (Å²) in [6.45, 7) is 3.92. The van der Waals surface area contributed by atoms with Crippen LogP contribution in [0, 0.1) is 0 Å². The fourth-order valence-corrected chi connectivity index (χ4v) is 4.00. The number of ether oxygens (including phenoxy) is 2. The Morgan fingerprint density at radius 1 is 1.14 bits per heavy atom. The molecule has 3 aromatic rings. The van der Waals surface area contributed by atoms with Crippen molar-refractivity contribution in [3.63, 3.8) is 0 Å². The molecule has 3 N–H and O–H groups in total. The number of fused-ring (bicyclic) bond motifs is 1. The lowest BCUT2D eigenvalue weighted by Crippen LogP contribution is -2.33. The zero-order valence-corrected chi connectivity index (χ0v) is 20.4. The maximum atomic E-state index is 13.4. The summed E-state index contributed by atoms with van der Waals surface area (Å²) >= 11 is 0. The van der Waals surface area contributed by atoms with Gasteiger partial charge in [-0.1, -0.05) is 30.3 Å². The molecule has 1 aromatic heterocycles. The highest BCUT2D eigenvalue weighted by atomic mass is 16.5. The summed E-state index contributed by atoms with van der Waals surface area (Å²) in [5.74, 6) is 1.58. The second-order valence-electron chi connectivity index (χ2n) is 8.31. The minimum atomic E-state index is -0.816. The van der Waals surface area contributed by atoms with E-state index in [9.17, 15) is 9.59 Å². The fourth-order valence-electron chi connectivity index (χ4n) is 4.00. The molecular weight excluding hydrogens is 460 g/mol. The Hall–Kier alpha value is -4.34. The van der Waals surface area contributed by atoms with Gasteiger partial charge in [-0.15, -0.1) is 0 Å². The zero-order chi connectivity index (χ0) is 25.5. The Kier molecular flexibility index (Phi) is 7.84. The second kappa shape index (κ2) is 11.4. The summed E-state index contributed by atoms with van der Waals surface area (Å²) in [4.78, 5) is 36.9. The molecule has 0 saturated heterocycles. The number of rotatable bonds is 9. The molecule has 0 aliphatic carbocycles. The van der Waals surface area contributed by atoms with Crippen LogP contribution in [-0.2, 0) is 4.74 Å². The van der Waals surface area contributed by atoms with E-state index in [0.29, 0.717) is 49.1 Å². The molecule has 1 aliphatic rings. The average molecular weight is 491 g/mol. The van der Waals surface area contributed by atoms with Gasteiger partial charge in [-0.05, 0) is 36.8 Å². The highest BCUT2D eigenvalue weighted by Gasteiger charge is 2.28. The number of benzene rings is 2. The van der Waals surface area contributed by atoms with Gasteiger partial charge < -0.3 is 30.3 Å². The maximum absolute atomic E-state index is 13.4. The molecule has 0 spiro atoms. The van der Waals surface area contributed by atoms with E-state index in [4.69, 9.17) is 15.2 Å². The van der Waals surface area contributed by atoms with E-state index >= 15 is 0 Å². The number of primary amides is 1. The third kappa shape index (κ3) is 5.83. The van der Waals surface area contributed by atoms with Crippen LogP contribution in [0.4, 0.5) is 22.2 Å². The molecule has 0 saturated carbocycles. The molecule has 2 heterocycles. The normalized spacial score (nSPS) is 14.0. The number of nitrogens with two attached hydrogens (primary N) is 1. The predicted octanol–water partition coefficient (Wildman–Crippen LogP) is 3.61. The number of anilines is 3. The van der Waals surface area contributed by atoms with Gasteiger partial charge in [-0.25, -0.2) is 9.78 Å². The largest absolute Gasteiger partial charge is 0.486 e. The van der Waals surface area contributed by atoms with Gasteiger partial charge in [0.2, 0.25) is 5.95 Å². The Balaban J connectivity index is 1.51. The molecule has 4 rings (SSSR count). The molecule has 0 bridgehead atoms. The molecule has 1 unspecified atom stereocenters. The first-order chi connectivity index (χ1) is 17.5. The van der Waals surface area contributed by atoms with Gasteiger partial charge in [-0.2, -0.15) is 4.98 Å². The fraction of sp³-hybridized carbons (Fsp3) is 0.308. The van der Waals surface area contributed by atoms with Crippen LogP contribution in [0.25, 0.3) is 0 Å². The van der Waals surface area contributed by atoms with Crippen LogP contribution in [0.5, 0.6) is 5.75 Å². The number of carbonyl (C=O) groups excluding carboxylic acids is 2.